The summed E-state index contributed by atoms with van der Waals surface area (Å²) in [4.78, 5) is 0. The first-order valence-corrected chi connectivity index (χ1v) is 7.57. The first-order chi connectivity index (χ1) is 7.35. The summed E-state index contributed by atoms with van der Waals surface area (Å²) in [5.74, 6) is 0.146. The third kappa shape index (κ3) is 3.49. The summed E-state index contributed by atoms with van der Waals surface area (Å²) in [5.41, 5.74) is 2.66. The molecule has 1 aromatic rings. The van der Waals surface area contributed by atoms with Gasteiger partial charge < -0.3 is 0 Å². The smallest absolute Gasteiger partial charge is 0.232 e. The minimum atomic E-state index is -3.22. The molecule has 1 rings (SSSR count). The molecule has 0 aliphatic heterocycles. The van der Waals surface area contributed by atoms with Crippen molar-refractivity contribution in [2.24, 2.45) is 0 Å². The van der Waals surface area contributed by atoms with Crippen LogP contribution in [0.3, 0.4) is 0 Å². The Hall–Kier alpha value is -0.550. The van der Waals surface area contributed by atoms with Gasteiger partial charge in [0.2, 0.25) is 10.0 Å². The molecule has 0 aliphatic rings. The lowest BCUT2D eigenvalue weighted by Gasteiger charge is -2.12. The van der Waals surface area contributed by atoms with Crippen molar-refractivity contribution in [3.8, 4) is 0 Å². The maximum absolute atomic E-state index is 11.7. The molecule has 0 aliphatic carbocycles. The van der Waals surface area contributed by atoms with Gasteiger partial charge in [0.25, 0.3) is 0 Å². The Morgan fingerprint density at radius 3 is 2.44 bits per heavy atom. The third-order valence-electron chi connectivity index (χ3n) is 2.16. The molecule has 0 atom stereocenters. The summed E-state index contributed by atoms with van der Waals surface area (Å²) in [6.45, 7) is 5.71. The van der Waals surface area contributed by atoms with Crippen LogP contribution < -0.4 is 4.72 Å². The SMILES string of the molecule is CCCS(=O)(=O)Nc1c(C)cc(C)cc1Br. The van der Waals surface area contributed by atoms with Gasteiger partial charge in [-0.3, -0.25) is 4.72 Å². The Morgan fingerprint density at radius 1 is 1.31 bits per heavy atom. The largest absolute Gasteiger partial charge is 0.282 e. The molecule has 0 radical (unpaired) electrons. The fourth-order valence-electron chi connectivity index (χ4n) is 1.52. The molecule has 16 heavy (non-hydrogen) atoms. The van der Waals surface area contributed by atoms with Crippen molar-refractivity contribution in [2.75, 3.05) is 10.5 Å². The highest BCUT2D eigenvalue weighted by Crippen LogP contribution is 2.28. The van der Waals surface area contributed by atoms with Crippen LogP contribution in [-0.2, 0) is 10.0 Å². The summed E-state index contributed by atoms with van der Waals surface area (Å²) in [7, 11) is -3.22. The third-order valence-corrected chi connectivity index (χ3v) is 4.25. The average Bonchev–Trinajstić information content (AvgIpc) is 2.11. The highest BCUT2D eigenvalue weighted by molar-refractivity contribution is 9.10. The molecule has 0 heterocycles. The normalized spacial score (nSPS) is 11.5. The van der Waals surface area contributed by atoms with Crippen molar-refractivity contribution in [1.82, 2.24) is 0 Å². The van der Waals surface area contributed by atoms with Gasteiger partial charge in [0, 0.05) is 4.47 Å². The molecular formula is C11H16BrNO2S. The van der Waals surface area contributed by atoms with Crippen molar-refractivity contribution in [3.63, 3.8) is 0 Å². The van der Waals surface area contributed by atoms with Gasteiger partial charge >= 0.3 is 0 Å². The summed E-state index contributed by atoms with van der Waals surface area (Å²) < 4.78 is 26.7. The molecule has 3 nitrogen and oxygen atoms in total. The van der Waals surface area contributed by atoms with Crippen LogP contribution in [0.5, 0.6) is 0 Å². The molecule has 0 amide bonds. The zero-order valence-electron chi connectivity index (χ0n) is 9.67. The lowest BCUT2D eigenvalue weighted by molar-refractivity contribution is 0.600. The minimum Gasteiger partial charge on any atom is -0.282 e. The van der Waals surface area contributed by atoms with Gasteiger partial charge in [-0.1, -0.05) is 13.0 Å². The van der Waals surface area contributed by atoms with E-state index in [0.717, 1.165) is 15.6 Å². The van der Waals surface area contributed by atoms with Crippen LogP contribution >= 0.6 is 15.9 Å². The number of benzene rings is 1. The topological polar surface area (TPSA) is 46.2 Å². The maximum atomic E-state index is 11.7. The summed E-state index contributed by atoms with van der Waals surface area (Å²) in [5, 5.41) is 0. The number of rotatable bonds is 4. The number of anilines is 1. The number of hydrogen-bond donors (Lipinski definition) is 1. The Kier molecular flexibility index (Phi) is 4.38. The zero-order valence-corrected chi connectivity index (χ0v) is 12.1. The van der Waals surface area contributed by atoms with Gasteiger partial charge in [0.1, 0.15) is 0 Å². The summed E-state index contributed by atoms with van der Waals surface area (Å²) in [6.07, 6.45) is 0.609. The van der Waals surface area contributed by atoms with E-state index >= 15 is 0 Å². The summed E-state index contributed by atoms with van der Waals surface area (Å²) >= 11 is 3.37. The van der Waals surface area contributed by atoms with Crippen LogP contribution in [0.15, 0.2) is 16.6 Å². The van der Waals surface area contributed by atoms with Crippen LogP contribution in [0.2, 0.25) is 0 Å². The van der Waals surface area contributed by atoms with E-state index in [1.54, 1.807) is 0 Å². The molecule has 0 bridgehead atoms. The van der Waals surface area contributed by atoms with Crippen molar-refractivity contribution in [2.45, 2.75) is 27.2 Å². The Bertz CT molecular complexity index is 460. The van der Waals surface area contributed by atoms with Crippen LogP contribution in [-0.4, -0.2) is 14.2 Å². The van der Waals surface area contributed by atoms with Gasteiger partial charge in [-0.25, -0.2) is 8.42 Å². The van der Waals surface area contributed by atoms with Crippen molar-refractivity contribution >= 4 is 31.6 Å². The fraction of sp³-hybridized carbons (Fsp3) is 0.455. The number of halogens is 1. The van der Waals surface area contributed by atoms with Gasteiger partial charge in [-0.05, 0) is 53.4 Å². The second-order valence-electron chi connectivity index (χ2n) is 3.86. The van der Waals surface area contributed by atoms with Crippen molar-refractivity contribution < 1.29 is 8.42 Å². The molecule has 0 saturated heterocycles. The monoisotopic (exact) mass is 305 g/mol. The second-order valence-corrected chi connectivity index (χ2v) is 6.56. The zero-order chi connectivity index (χ0) is 12.3. The number of hydrogen-bond acceptors (Lipinski definition) is 2. The van der Waals surface area contributed by atoms with E-state index in [2.05, 4.69) is 20.7 Å². The number of sulfonamides is 1. The molecule has 0 spiro atoms. The number of nitrogens with one attached hydrogen (secondary N) is 1. The van der Waals surface area contributed by atoms with E-state index in [1.165, 1.54) is 0 Å². The first-order valence-electron chi connectivity index (χ1n) is 5.13. The van der Waals surface area contributed by atoms with Gasteiger partial charge in [-0.2, -0.15) is 0 Å². The predicted molar refractivity (Wildman–Crippen MR) is 71.3 cm³/mol. The summed E-state index contributed by atoms with van der Waals surface area (Å²) in [6, 6.07) is 3.85. The predicted octanol–water partition coefficient (Wildman–Crippen LogP) is 3.22. The highest BCUT2D eigenvalue weighted by atomic mass is 79.9. The van der Waals surface area contributed by atoms with Crippen LogP contribution in [0.4, 0.5) is 5.69 Å². The van der Waals surface area contributed by atoms with Crippen molar-refractivity contribution in [3.05, 3.63) is 27.7 Å². The van der Waals surface area contributed by atoms with E-state index in [1.807, 2.05) is 32.9 Å². The first kappa shape index (κ1) is 13.5. The van der Waals surface area contributed by atoms with Gasteiger partial charge in [-0.15, -0.1) is 0 Å². The van der Waals surface area contributed by atoms with Crippen LogP contribution in [0.1, 0.15) is 24.5 Å². The van der Waals surface area contributed by atoms with Crippen molar-refractivity contribution in [1.29, 1.82) is 0 Å². The molecule has 5 heteroatoms. The fourth-order valence-corrected chi connectivity index (χ4v) is 3.65. The molecule has 0 aromatic heterocycles. The molecule has 0 unspecified atom stereocenters. The Morgan fingerprint density at radius 2 is 1.94 bits per heavy atom. The molecule has 0 fully saturated rings. The minimum absolute atomic E-state index is 0.146. The van der Waals surface area contributed by atoms with Gasteiger partial charge in [0.15, 0.2) is 0 Å². The van der Waals surface area contributed by atoms with E-state index in [4.69, 9.17) is 0 Å². The Balaban J connectivity index is 3.07. The van der Waals surface area contributed by atoms with E-state index in [0.29, 0.717) is 12.1 Å². The highest BCUT2D eigenvalue weighted by Gasteiger charge is 2.13. The van der Waals surface area contributed by atoms with E-state index < -0.39 is 10.0 Å². The second kappa shape index (κ2) is 5.19. The van der Waals surface area contributed by atoms with Gasteiger partial charge in [0.05, 0.1) is 11.4 Å². The lowest BCUT2D eigenvalue weighted by Crippen LogP contribution is -2.17. The molecule has 0 saturated carbocycles. The lowest BCUT2D eigenvalue weighted by atomic mass is 10.1. The standard InChI is InChI=1S/C11H16BrNO2S/c1-4-5-16(14,15)13-11-9(3)6-8(2)7-10(11)12/h6-7,13H,4-5H2,1-3H3. The van der Waals surface area contributed by atoms with E-state index in [-0.39, 0.29) is 5.75 Å². The molecule has 1 aromatic carbocycles. The van der Waals surface area contributed by atoms with Crippen LogP contribution in [0.25, 0.3) is 0 Å². The quantitative estimate of drug-likeness (QED) is 0.928. The Labute approximate surface area is 105 Å². The maximum Gasteiger partial charge on any atom is 0.232 e. The van der Waals surface area contributed by atoms with E-state index in [9.17, 15) is 8.42 Å². The van der Waals surface area contributed by atoms with Crippen LogP contribution in [0, 0.1) is 13.8 Å². The molecule has 1 N–H and O–H groups in total. The molecular weight excluding hydrogens is 290 g/mol. The number of aryl methyl sites for hydroxylation is 2. The molecule has 90 valence electrons. The average molecular weight is 306 g/mol.